The van der Waals surface area contributed by atoms with Gasteiger partial charge in [-0.15, -0.1) is 6.58 Å². The van der Waals surface area contributed by atoms with Crippen molar-refractivity contribution in [2.24, 2.45) is 5.10 Å². The predicted molar refractivity (Wildman–Crippen MR) is 175 cm³/mol. The summed E-state index contributed by atoms with van der Waals surface area (Å²) < 4.78 is 14.7. The van der Waals surface area contributed by atoms with Gasteiger partial charge in [0.1, 0.15) is 12.4 Å². The first kappa shape index (κ1) is 29.3. The van der Waals surface area contributed by atoms with E-state index in [1.54, 1.807) is 12.3 Å². The number of allylic oxidation sites excluding steroid dienone is 1. The first-order valence-corrected chi connectivity index (χ1v) is 14.8. The average molecular weight is 625 g/mol. The van der Waals surface area contributed by atoms with Gasteiger partial charge in [-0.05, 0) is 65.6 Å². The molecule has 0 radical (unpaired) electrons. The molecule has 5 aromatic rings. The molecule has 0 saturated heterocycles. The van der Waals surface area contributed by atoms with Crippen molar-refractivity contribution in [1.82, 2.24) is 9.66 Å². The zero-order chi connectivity index (χ0) is 29.9. The van der Waals surface area contributed by atoms with Crippen molar-refractivity contribution in [3.05, 3.63) is 123 Å². The van der Waals surface area contributed by atoms with Gasteiger partial charge in [0.25, 0.3) is 5.56 Å². The molecule has 0 amide bonds. The minimum atomic E-state index is -0.415. The van der Waals surface area contributed by atoms with E-state index in [1.165, 1.54) is 10.1 Å². The van der Waals surface area contributed by atoms with Crippen LogP contribution in [-0.2, 0) is 18.4 Å². The lowest BCUT2D eigenvalue weighted by Gasteiger charge is -2.21. The van der Waals surface area contributed by atoms with Gasteiger partial charge in [-0.3, -0.25) is 4.79 Å². The van der Waals surface area contributed by atoms with Crippen molar-refractivity contribution < 1.29 is 9.47 Å². The van der Waals surface area contributed by atoms with E-state index in [0.717, 1.165) is 26.5 Å². The number of ether oxygens (including phenoxy) is 2. The average Bonchev–Trinajstić information content (AvgIpc) is 2.96. The van der Waals surface area contributed by atoms with Crippen LogP contribution in [0.2, 0.25) is 0 Å². The molecule has 0 aliphatic heterocycles. The largest absolute Gasteiger partial charge is 0.490 e. The molecule has 42 heavy (non-hydrogen) atoms. The van der Waals surface area contributed by atoms with Crippen LogP contribution in [0.5, 0.6) is 11.5 Å². The summed E-state index contributed by atoms with van der Waals surface area (Å²) in [6.07, 6.45) is 4.08. The molecule has 5 rings (SSSR count). The Kier molecular flexibility index (Phi) is 8.59. The van der Waals surface area contributed by atoms with Crippen LogP contribution in [0, 0.1) is 0 Å². The Morgan fingerprint density at radius 1 is 0.976 bits per heavy atom. The summed E-state index contributed by atoms with van der Waals surface area (Å²) in [6.45, 7) is 12.8. The van der Waals surface area contributed by atoms with E-state index in [2.05, 4.69) is 51.9 Å². The quantitative estimate of drug-likeness (QED) is 0.123. The van der Waals surface area contributed by atoms with Crippen LogP contribution in [-0.4, -0.2) is 22.5 Å². The van der Waals surface area contributed by atoms with Gasteiger partial charge in [-0.25, -0.2) is 4.98 Å². The summed E-state index contributed by atoms with van der Waals surface area (Å²) in [5, 5.41) is 7.48. The fourth-order valence-electron chi connectivity index (χ4n) is 4.93. The third kappa shape index (κ3) is 6.16. The Morgan fingerprint density at radius 3 is 2.52 bits per heavy atom. The van der Waals surface area contributed by atoms with Crippen LogP contribution in [0.3, 0.4) is 0 Å². The van der Waals surface area contributed by atoms with Gasteiger partial charge in [-0.2, -0.15) is 9.78 Å². The first-order valence-electron chi connectivity index (χ1n) is 14.0. The van der Waals surface area contributed by atoms with Gasteiger partial charge in [0, 0.05) is 15.5 Å². The molecule has 0 saturated carbocycles. The van der Waals surface area contributed by atoms with Crippen LogP contribution in [0.1, 0.15) is 50.2 Å². The maximum absolute atomic E-state index is 13.6. The normalized spacial score (nSPS) is 11.8. The molecule has 0 bridgehead atoms. The fourth-order valence-corrected chi connectivity index (χ4v) is 5.29. The topological polar surface area (TPSA) is 65.7 Å². The standard InChI is InChI=1S/C35H34BrN3O3/c1-6-11-25-18-23(21-37-39-33(40)29-20-27(36)16-17-30(29)38-34(39)35(3,4)5)19-31(41-7-2)32(25)42-22-26-14-10-13-24-12-8-9-15-28(24)26/h6,8-10,12-21H,1,7,11,22H2,2-5H3. The highest BCUT2D eigenvalue weighted by atomic mass is 79.9. The summed E-state index contributed by atoms with van der Waals surface area (Å²) in [5.74, 6) is 1.86. The maximum Gasteiger partial charge on any atom is 0.282 e. The van der Waals surface area contributed by atoms with Crippen molar-refractivity contribution >= 4 is 43.8 Å². The highest BCUT2D eigenvalue weighted by Crippen LogP contribution is 2.35. The Balaban J connectivity index is 1.56. The summed E-state index contributed by atoms with van der Waals surface area (Å²) in [4.78, 5) is 18.4. The van der Waals surface area contributed by atoms with Gasteiger partial charge < -0.3 is 9.47 Å². The fraction of sp³-hybridized carbons (Fsp3) is 0.229. The predicted octanol–water partition coefficient (Wildman–Crippen LogP) is 8.20. The number of nitrogens with zero attached hydrogens (tertiary/aromatic N) is 3. The number of hydrogen-bond acceptors (Lipinski definition) is 5. The second-order valence-corrected chi connectivity index (χ2v) is 12.0. The molecule has 0 N–H and O–H groups in total. The molecule has 4 aromatic carbocycles. The molecule has 214 valence electrons. The van der Waals surface area contributed by atoms with Crippen molar-refractivity contribution in [3.63, 3.8) is 0 Å². The molecule has 6 nitrogen and oxygen atoms in total. The van der Waals surface area contributed by atoms with Crippen LogP contribution < -0.4 is 15.0 Å². The number of halogens is 1. The number of benzene rings is 4. The molecule has 0 atom stereocenters. The number of fused-ring (bicyclic) bond motifs is 2. The molecule has 0 unspecified atom stereocenters. The summed E-state index contributed by atoms with van der Waals surface area (Å²) >= 11 is 3.47. The number of rotatable bonds is 9. The summed E-state index contributed by atoms with van der Waals surface area (Å²) in [6, 6.07) is 23.9. The molecular weight excluding hydrogens is 590 g/mol. The Morgan fingerprint density at radius 2 is 1.76 bits per heavy atom. The van der Waals surface area contributed by atoms with E-state index in [0.29, 0.717) is 47.9 Å². The third-order valence-electron chi connectivity index (χ3n) is 6.87. The molecule has 0 spiro atoms. The molecule has 0 aliphatic rings. The van der Waals surface area contributed by atoms with Crippen LogP contribution in [0.25, 0.3) is 21.7 Å². The van der Waals surface area contributed by atoms with Gasteiger partial charge >= 0.3 is 0 Å². The SMILES string of the molecule is C=CCc1cc(C=Nn2c(C(C)(C)C)nc3ccc(Br)cc3c2=O)cc(OCC)c1OCc1cccc2ccccc12. The van der Waals surface area contributed by atoms with Crippen LogP contribution in [0.4, 0.5) is 0 Å². The Labute approximate surface area is 254 Å². The van der Waals surface area contributed by atoms with Gasteiger partial charge in [0.15, 0.2) is 11.5 Å². The van der Waals surface area contributed by atoms with E-state index < -0.39 is 5.41 Å². The van der Waals surface area contributed by atoms with Gasteiger partial charge in [0.05, 0.1) is 23.7 Å². The molecular formula is C35H34BrN3O3. The zero-order valence-corrected chi connectivity index (χ0v) is 25.9. The highest BCUT2D eigenvalue weighted by Gasteiger charge is 2.23. The van der Waals surface area contributed by atoms with Crippen LogP contribution in [0.15, 0.2) is 99.8 Å². The lowest BCUT2D eigenvalue weighted by atomic mass is 9.95. The number of aromatic nitrogens is 2. The maximum atomic E-state index is 13.6. The molecule has 7 heteroatoms. The second kappa shape index (κ2) is 12.3. The summed E-state index contributed by atoms with van der Waals surface area (Å²) in [5.41, 5.74) is 2.78. The smallest absolute Gasteiger partial charge is 0.282 e. The molecule has 0 aliphatic carbocycles. The van der Waals surface area contributed by atoms with Crippen molar-refractivity contribution in [2.45, 2.75) is 46.1 Å². The van der Waals surface area contributed by atoms with Crippen LogP contribution >= 0.6 is 15.9 Å². The van der Waals surface area contributed by atoms with E-state index in [-0.39, 0.29) is 5.56 Å². The van der Waals surface area contributed by atoms with E-state index >= 15 is 0 Å². The third-order valence-corrected chi connectivity index (χ3v) is 7.36. The first-order chi connectivity index (χ1) is 20.2. The minimum absolute atomic E-state index is 0.228. The van der Waals surface area contributed by atoms with Crippen molar-refractivity contribution in [2.75, 3.05) is 6.61 Å². The van der Waals surface area contributed by atoms with Gasteiger partial charge in [-0.1, -0.05) is 85.2 Å². The lowest BCUT2D eigenvalue weighted by molar-refractivity contribution is 0.268. The highest BCUT2D eigenvalue weighted by molar-refractivity contribution is 9.10. The molecule has 1 heterocycles. The van der Waals surface area contributed by atoms with Crippen molar-refractivity contribution in [3.8, 4) is 11.5 Å². The molecule has 1 aromatic heterocycles. The second-order valence-electron chi connectivity index (χ2n) is 11.1. The Hall–Kier alpha value is -4.23. The van der Waals surface area contributed by atoms with Crippen molar-refractivity contribution in [1.29, 1.82) is 0 Å². The number of hydrogen-bond donors (Lipinski definition) is 0. The van der Waals surface area contributed by atoms with Gasteiger partial charge in [0.2, 0.25) is 0 Å². The molecule has 0 fully saturated rings. The lowest BCUT2D eigenvalue weighted by Crippen LogP contribution is -2.29. The van der Waals surface area contributed by atoms with E-state index in [1.807, 2.05) is 76.2 Å². The monoisotopic (exact) mass is 623 g/mol. The zero-order valence-electron chi connectivity index (χ0n) is 24.4. The Bertz CT molecular complexity index is 1860. The van der Waals surface area contributed by atoms with E-state index in [9.17, 15) is 4.79 Å². The van der Waals surface area contributed by atoms with E-state index in [4.69, 9.17) is 14.5 Å². The minimum Gasteiger partial charge on any atom is -0.490 e. The summed E-state index contributed by atoms with van der Waals surface area (Å²) in [7, 11) is 0.